The smallest absolute Gasteiger partial charge is 0.0871 e. The summed E-state index contributed by atoms with van der Waals surface area (Å²) in [4.78, 5) is 10.2. The van der Waals surface area contributed by atoms with Crippen molar-refractivity contribution in [1.29, 1.82) is 0 Å². The van der Waals surface area contributed by atoms with Gasteiger partial charge < -0.3 is 15.2 Å². The Bertz CT molecular complexity index is 141. The van der Waals surface area contributed by atoms with E-state index in [1.807, 2.05) is 13.8 Å². The molecule has 3 nitrogen and oxygen atoms in total. The molecule has 0 unspecified atom stereocenters. The van der Waals surface area contributed by atoms with Crippen LogP contribution < -0.4 is 10.4 Å². The molecule has 3 heteroatoms. The molecule has 0 spiro atoms. The Hall–Kier alpha value is -0.990. The summed E-state index contributed by atoms with van der Waals surface area (Å²) in [7, 11) is 0. The number of aliphatic carboxylic acids is 1. The summed E-state index contributed by atoms with van der Waals surface area (Å²) in [6, 6.07) is 0. The number of hydrogen-bond donors (Lipinski definition) is 1. The molecule has 0 saturated carbocycles. The number of nitrogens with one attached hydrogen (secondary N) is 1. The Morgan fingerprint density at radius 1 is 1.60 bits per heavy atom. The van der Waals surface area contributed by atoms with Gasteiger partial charge in [0.2, 0.25) is 0 Å². The Kier molecular flexibility index (Phi) is 4.37. The second-order valence-corrected chi connectivity index (χ2v) is 1.84. The predicted molar refractivity (Wildman–Crippen MR) is 37.1 cm³/mol. The molecule has 0 radical (unpaired) electrons. The molecule has 0 aromatic rings. The number of hydrogen-bond acceptors (Lipinski definition) is 3. The van der Waals surface area contributed by atoms with Crippen LogP contribution in [0.5, 0.6) is 0 Å². The Morgan fingerprint density at radius 3 is 2.50 bits per heavy atom. The molecule has 0 aliphatic heterocycles. The third kappa shape index (κ3) is 3.12. The lowest BCUT2D eigenvalue weighted by Crippen LogP contribution is -2.32. The van der Waals surface area contributed by atoms with Crippen molar-refractivity contribution in [3.05, 3.63) is 11.8 Å². The first-order valence-corrected chi connectivity index (χ1v) is 3.37. The summed E-state index contributed by atoms with van der Waals surface area (Å²) in [5.41, 5.74) is 0.185. The van der Waals surface area contributed by atoms with Gasteiger partial charge in [0, 0.05) is 6.54 Å². The minimum atomic E-state index is -1.14. The first-order valence-electron chi connectivity index (χ1n) is 3.37. The lowest BCUT2D eigenvalue weighted by atomic mass is 10.3. The van der Waals surface area contributed by atoms with E-state index in [1.165, 1.54) is 0 Å². The van der Waals surface area contributed by atoms with Gasteiger partial charge in [-0.2, -0.15) is 0 Å². The zero-order chi connectivity index (χ0) is 7.98. The largest absolute Gasteiger partial charge is 0.543 e. The van der Waals surface area contributed by atoms with E-state index in [2.05, 4.69) is 5.32 Å². The van der Waals surface area contributed by atoms with E-state index in [-0.39, 0.29) is 5.70 Å². The number of carbonyl (C=O) groups is 1. The maximum absolute atomic E-state index is 10.2. The highest BCUT2D eigenvalue weighted by Crippen LogP contribution is 1.88. The molecule has 0 aromatic heterocycles. The fraction of sp³-hybridized carbons (Fsp3) is 0.571. The summed E-state index contributed by atoms with van der Waals surface area (Å²) in [5.74, 6) is -1.14. The molecule has 0 rings (SSSR count). The molecule has 58 valence electrons. The van der Waals surface area contributed by atoms with Crippen LogP contribution in [0.3, 0.4) is 0 Å². The van der Waals surface area contributed by atoms with Gasteiger partial charge in [-0.15, -0.1) is 0 Å². The van der Waals surface area contributed by atoms with Gasteiger partial charge >= 0.3 is 0 Å². The molecular formula is C7H12NO2-. The molecule has 0 aliphatic rings. The first-order chi connectivity index (χ1) is 4.72. The first kappa shape index (κ1) is 9.01. The molecule has 0 saturated heterocycles. The van der Waals surface area contributed by atoms with E-state index in [0.29, 0.717) is 13.0 Å². The number of rotatable bonds is 4. The van der Waals surface area contributed by atoms with Gasteiger partial charge in [0.05, 0.1) is 11.7 Å². The summed E-state index contributed by atoms with van der Waals surface area (Å²) in [6.45, 7) is 4.33. The van der Waals surface area contributed by atoms with Gasteiger partial charge in [-0.05, 0) is 13.3 Å². The van der Waals surface area contributed by atoms with Crippen molar-refractivity contribution < 1.29 is 9.90 Å². The van der Waals surface area contributed by atoms with Crippen LogP contribution in [0.15, 0.2) is 11.8 Å². The number of carboxylic acid groups (broad SMARTS) is 1. The van der Waals surface area contributed by atoms with E-state index in [9.17, 15) is 9.90 Å². The van der Waals surface area contributed by atoms with Gasteiger partial charge in [0.1, 0.15) is 0 Å². The van der Waals surface area contributed by atoms with Crippen LogP contribution in [0.4, 0.5) is 0 Å². The maximum atomic E-state index is 10.2. The number of carboxylic acids is 1. The predicted octanol–water partition coefficient (Wildman–Crippen LogP) is -0.360. The van der Waals surface area contributed by atoms with Gasteiger partial charge in [-0.3, -0.25) is 0 Å². The number of likely N-dealkylation sites (N-methyl/N-ethyl adjacent to an activating group) is 1. The molecule has 0 aromatic carbocycles. The van der Waals surface area contributed by atoms with E-state index < -0.39 is 5.97 Å². The Labute approximate surface area is 60.7 Å². The van der Waals surface area contributed by atoms with Crippen LogP contribution >= 0.6 is 0 Å². The molecular weight excluding hydrogens is 130 g/mol. The molecule has 0 bridgehead atoms. The topological polar surface area (TPSA) is 52.2 Å². The molecule has 0 aliphatic carbocycles. The second-order valence-electron chi connectivity index (χ2n) is 1.84. The highest BCUT2D eigenvalue weighted by molar-refractivity contribution is 5.83. The highest BCUT2D eigenvalue weighted by atomic mass is 16.4. The van der Waals surface area contributed by atoms with Crippen LogP contribution in [0.1, 0.15) is 20.3 Å². The third-order valence-corrected chi connectivity index (χ3v) is 0.995. The standard InChI is InChI=1S/C7H13NO2/c1-3-5-6(7(9)10)8-4-2/h5,8H,3-4H2,1-2H3,(H,9,10)/p-1/b6-5-. The van der Waals surface area contributed by atoms with Gasteiger partial charge in [-0.25, -0.2) is 0 Å². The van der Waals surface area contributed by atoms with Crippen molar-refractivity contribution in [2.45, 2.75) is 20.3 Å². The SMILES string of the molecule is CC/C=C(\NCC)C(=O)[O-]. The van der Waals surface area contributed by atoms with Crippen molar-refractivity contribution in [1.82, 2.24) is 5.32 Å². The van der Waals surface area contributed by atoms with Crippen molar-refractivity contribution in [3.63, 3.8) is 0 Å². The van der Waals surface area contributed by atoms with Crippen LogP contribution in [-0.4, -0.2) is 12.5 Å². The van der Waals surface area contributed by atoms with Crippen LogP contribution in [0, 0.1) is 0 Å². The minimum absolute atomic E-state index is 0.185. The van der Waals surface area contributed by atoms with Gasteiger partial charge in [0.15, 0.2) is 0 Å². The van der Waals surface area contributed by atoms with Crippen LogP contribution in [0.2, 0.25) is 0 Å². The lowest BCUT2D eigenvalue weighted by molar-refractivity contribution is -0.299. The maximum Gasteiger partial charge on any atom is 0.0871 e. The number of allylic oxidation sites excluding steroid dienone is 1. The Balaban J connectivity index is 3.98. The van der Waals surface area contributed by atoms with Crippen molar-refractivity contribution in [3.8, 4) is 0 Å². The average molecular weight is 142 g/mol. The summed E-state index contributed by atoms with van der Waals surface area (Å²) >= 11 is 0. The molecule has 1 N–H and O–H groups in total. The molecule has 0 fully saturated rings. The summed E-state index contributed by atoms with van der Waals surface area (Å²) < 4.78 is 0. The lowest BCUT2D eigenvalue weighted by Gasteiger charge is -2.08. The zero-order valence-electron chi connectivity index (χ0n) is 6.31. The Morgan fingerprint density at radius 2 is 2.20 bits per heavy atom. The quantitative estimate of drug-likeness (QED) is 0.545. The highest BCUT2D eigenvalue weighted by Gasteiger charge is 1.91. The van der Waals surface area contributed by atoms with Crippen LogP contribution in [0.25, 0.3) is 0 Å². The van der Waals surface area contributed by atoms with Crippen molar-refractivity contribution >= 4 is 5.97 Å². The van der Waals surface area contributed by atoms with Crippen molar-refractivity contribution in [2.24, 2.45) is 0 Å². The number of carbonyl (C=O) groups excluding carboxylic acids is 1. The molecule has 0 heterocycles. The van der Waals surface area contributed by atoms with E-state index >= 15 is 0 Å². The molecule has 10 heavy (non-hydrogen) atoms. The zero-order valence-corrected chi connectivity index (χ0v) is 6.31. The summed E-state index contributed by atoms with van der Waals surface area (Å²) in [5, 5.41) is 12.9. The van der Waals surface area contributed by atoms with E-state index in [0.717, 1.165) is 0 Å². The fourth-order valence-corrected chi connectivity index (χ4v) is 0.622. The van der Waals surface area contributed by atoms with Gasteiger partial charge in [-0.1, -0.05) is 13.0 Å². The van der Waals surface area contributed by atoms with Crippen molar-refractivity contribution in [2.75, 3.05) is 6.54 Å². The third-order valence-electron chi connectivity index (χ3n) is 0.995. The van der Waals surface area contributed by atoms with E-state index in [4.69, 9.17) is 0 Å². The molecule has 0 amide bonds. The normalized spacial score (nSPS) is 11.2. The average Bonchev–Trinajstić information content (AvgIpc) is 1.87. The minimum Gasteiger partial charge on any atom is -0.543 e. The monoisotopic (exact) mass is 142 g/mol. The van der Waals surface area contributed by atoms with E-state index in [1.54, 1.807) is 6.08 Å². The fourth-order valence-electron chi connectivity index (χ4n) is 0.622. The van der Waals surface area contributed by atoms with Gasteiger partial charge in [0.25, 0.3) is 0 Å². The van der Waals surface area contributed by atoms with Crippen LogP contribution in [-0.2, 0) is 4.79 Å². The second kappa shape index (κ2) is 4.85. The summed E-state index contributed by atoms with van der Waals surface area (Å²) in [6.07, 6.45) is 2.30. The molecule has 0 atom stereocenters.